The number of oxime groups is 1. The molecule has 1 heterocycles. The lowest BCUT2D eigenvalue weighted by molar-refractivity contribution is 0.0515. The van der Waals surface area contributed by atoms with Crippen LogP contribution in [0.3, 0.4) is 0 Å². The van der Waals surface area contributed by atoms with Crippen LogP contribution in [0.4, 0.5) is 5.69 Å². The Balaban J connectivity index is 1.87. The topological polar surface area (TPSA) is 41.9 Å². The van der Waals surface area contributed by atoms with E-state index in [-0.39, 0.29) is 0 Å². The van der Waals surface area contributed by atoms with Crippen LogP contribution >= 0.6 is 0 Å². The smallest absolute Gasteiger partial charge is 0.365 e. The number of benzene rings is 2. The highest BCUT2D eigenvalue weighted by atomic mass is 16.7. The molecule has 0 unspecified atom stereocenters. The third-order valence-corrected chi connectivity index (χ3v) is 4.28. The molecule has 0 aromatic heterocycles. The van der Waals surface area contributed by atoms with E-state index in [9.17, 15) is 4.79 Å². The summed E-state index contributed by atoms with van der Waals surface area (Å²) in [6.45, 7) is 4.16. The fourth-order valence-corrected chi connectivity index (χ4v) is 2.99. The summed E-state index contributed by atoms with van der Waals surface area (Å²) in [4.78, 5) is 19.7. The Morgan fingerprint density at radius 3 is 2.62 bits per heavy atom. The Labute approximate surface area is 142 Å². The van der Waals surface area contributed by atoms with Crippen LogP contribution < -0.4 is 4.90 Å². The van der Waals surface area contributed by atoms with Gasteiger partial charge in [0.05, 0.1) is 11.3 Å². The van der Waals surface area contributed by atoms with Crippen molar-refractivity contribution in [2.45, 2.75) is 26.2 Å². The van der Waals surface area contributed by atoms with E-state index in [4.69, 9.17) is 4.84 Å². The molecule has 0 fully saturated rings. The zero-order valence-electron chi connectivity index (χ0n) is 13.9. The van der Waals surface area contributed by atoms with Gasteiger partial charge < -0.3 is 9.74 Å². The molecule has 0 atom stereocenters. The van der Waals surface area contributed by atoms with E-state index in [0.29, 0.717) is 5.56 Å². The average Bonchev–Trinajstić information content (AvgIpc) is 2.63. The van der Waals surface area contributed by atoms with Gasteiger partial charge >= 0.3 is 5.97 Å². The Hall–Kier alpha value is -2.62. The molecule has 0 aliphatic carbocycles. The van der Waals surface area contributed by atoms with Crippen molar-refractivity contribution in [3.63, 3.8) is 0 Å². The second kappa shape index (κ2) is 7.77. The zero-order chi connectivity index (χ0) is 16.8. The third kappa shape index (κ3) is 3.65. The summed E-state index contributed by atoms with van der Waals surface area (Å²) >= 11 is 0. The van der Waals surface area contributed by atoms with E-state index >= 15 is 0 Å². The van der Waals surface area contributed by atoms with Crippen molar-refractivity contribution >= 4 is 17.4 Å². The molecule has 2 aromatic rings. The molecule has 0 radical (unpaired) electrons. The Morgan fingerprint density at radius 1 is 1.08 bits per heavy atom. The van der Waals surface area contributed by atoms with Crippen LogP contribution in [0.5, 0.6) is 0 Å². The number of carbonyl (C=O) groups excluding carboxylic acids is 1. The van der Waals surface area contributed by atoms with Gasteiger partial charge in [-0.1, -0.05) is 41.6 Å². The van der Waals surface area contributed by atoms with Gasteiger partial charge in [0.2, 0.25) is 0 Å². The zero-order valence-corrected chi connectivity index (χ0v) is 13.9. The molecule has 2 aromatic carbocycles. The van der Waals surface area contributed by atoms with Gasteiger partial charge in [0.15, 0.2) is 0 Å². The van der Waals surface area contributed by atoms with Gasteiger partial charge in [-0.2, -0.15) is 0 Å². The number of rotatable bonds is 3. The van der Waals surface area contributed by atoms with Gasteiger partial charge in [-0.05, 0) is 44.4 Å². The van der Waals surface area contributed by atoms with Crippen LogP contribution in [0.25, 0.3) is 0 Å². The van der Waals surface area contributed by atoms with Crippen molar-refractivity contribution in [2.75, 3.05) is 18.0 Å². The van der Waals surface area contributed by atoms with E-state index in [1.165, 1.54) is 0 Å². The van der Waals surface area contributed by atoms with Crippen LogP contribution in [0.1, 0.15) is 42.1 Å². The molecule has 0 amide bonds. The average molecular weight is 322 g/mol. The molecule has 1 aliphatic rings. The predicted molar refractivity (Wildman–Crippen MR) is 96.6 cm³/mol. The van der Waals surface area contributed by atoms with Gasteiger partial charge in [-0.3, -0.25) is 0 Å². The second-order valence-corrected chi connectivity index (χ2v) is 5.84. The molecular weight excluding hydrogens is 300 g/mol. The first-order chi connectivity index (χ1) is 11.8. The van der Waals surface area contributed by atoms with E-state index in [1.807, 2.05) is 30.3 Å². The SMILES string of the molecule is CCN1CCCC/C(=N\OC(=O)c2ccccc2)c2ccccc21. The van der Waals surface area contributed by atoms with Gasteiger partial charge in [-0.15, -0.1) is 0 Å². The Kier molecular flexibility index (Phi) is 5.26. The maximum atomic E-state index is 12.1. The van der Waals surface area contributed by atoms with Crippen molar-refractivity contribution in [3.8, 4) is 0 Å². The molecule has 4 nitrogen and oxygen atoms in total. The highest BCUT2D eigenvalue weighted by molar-refractivity contribution is 6.05. The molecule has 0 bridgehead atoms. The number of anilines is 1. The second-order valence-electron chi connectivity index (χ2n) is 5.84. The molecule has 4 heteroatoms. The number of nitrogens with zero attached hydrogens (tertiary/aromatic N) is 2. The van der Waals surface area contributed by atoms with Crippen molar-refractivity contribution < 1.29 is 9.63 Å². The number of carbonyl (C=O) groups is 1. The van der Waals surface area contributed by atoms with Gasteiger partial charge in [0.1, 0.15) is 0 Å². The predicted octanol–water partition coefficient (Wildman–Crippen LogP) is 4.26. The van der Waals surface area contributed by atoms with Gasteiger partial charge in [0.25, 0.3) is 0 Å². The standard InChI is InChI=1S/C20H22N2O2/c1-2-22-15-9-8-13-18(17-12-6-7-14-19(17)22)21-24-20(23)16-10-4-3-5-11-16/h3-7,10-12,14H,2,8-9,13,15H2,1H3/b21-18+. The molecule has 3 rings (SSSR count). The monoisotopic (exact) mass is 322 g/mol. The fourth-order valence-electron chi connectivity index (χ4n) is 2.99. The molecule has 24 heavy (non-hydrogen) atoms. The third-order valence-electron chi connectivity index (χ3n) is 4.28. The van der Waals surface area contributed by atoms with Gasteiger partial charge in [0, 0.05) is 24.3 Å². The number of hydrogen-bond acceptors (Lipinski definition) is 4. The van der Waals surface area contributed by atoms with Crippen LogP contribution in [-0.2, 0) is 4.84 Å². The lowest BCUT2D eigenvalue weighted by Crippen LogP contribution is -2.27. The summed E-state index contributed by atoms with van der Waals surface area (Å²) in [5, 5.41) is 4.21. The lowest BCUT2D eigenvalue weighted by atomic mass is 9.99. The molecular formula is C20H22N2O2. The Bertz CT molecular complexity index is 725. The van der Waals surface area contributed by atoms with E-state index in [0.717, 1.165) is 49.3 Å². The van der Waals surface area contributed by atoms with Gasteiger partial charge in [-0.25, -0.2) is 4.79 Å². The summed E-state index contributed by atoms with van der Waals surface area (Å²) in [7, 11) is 0. The lowest BCUT2D eigenvalue weighted by Gasteiger charge is -2.28. The minimum absolute atomic E-state index is 0.421. The summed E-state index contributed by atoms with van der Waals surface area (Å²) in [5.41, 5.74) is 3.57. The maximum absolute atomic E-state index is 12.1. The Morgan fingerprint density at radius 2 is 1.83 bits per heavy atom. The molecule has 0 saturated carbocycles. The largest absolute Gasteiger partial charge is 0.371 e. The highest BCUT2D eigenvalue weighted by Crippen LogP contribution is 2.26. The van der Waals surface area contributed by atoms with E-state index < -0.39 is 5.97 Å². The molecule has 124 valence electrons. The molecule has 0 saturated heterocycles. The number of fused-ring (bicyclic) bond motifs is 1. The first-order valence-corrected chi connectivity index (χ1v) is 8.47. The normalized spacial score (nSPS) is 16.2. The minimum Gasteiger partial charge on any atom is -0.371 e. The van der Waals surface area contributed by atoms with E-state index in [1.54, 1.807) is 12.1 Å². The quantitative estimate of drug-likeness (QED) is 0.626. The van der Waals surface area contributed by atoms with Crippen LogP contribution in [0.2, 0.25) is 0 Å². The molecule has 0 N–H and O–H groups in total. The molecule has 0 spiro atoms. The van der Waals surface area contributed by atoms with Crippen LogP contribution in [-0.4, -0.2) is 24.8 Å². The van der Waals surface area contributed by atoms with E-state index in [2.05, 4.69) is 29.1 Å². The van der Waals surface area contributed by atoms with Crippen LogP contribution in [0.15, 0.2) is 59.8 Å². The fraction of sp³-hybridized carbons (Fsp3) is 0.300. The summed E-state index contributed by atoms with van der Waals surface area (Å²) in [6.07, 6.45) is 2.96. The first-order valence-electron chi connectivity index (χ1n) is 8.47. The molecule has 1 aliphatic heterocycles. The first kappa shape index (κ1) is 16.2. The maximum Gasteiger partial charge on any atom is 0.365 e. The van der Waals surface area contributed by atoms with Crippen molar-refractivity contribution in [2.24, 2.45) is 5.16 Å². The number of hydrogen-bond donors (Lipinski definition) is 0. The van der Waals surface area contributed by atoms with Crippen molar-refractivity contribution in [1.29, 1.82) is 0 Å². The van der Waals surface area contributed by atoms with Crippen molar-refractivity contribution in [1.82, 2.24) is 0 Å². The highest BCUT2D eigenvalue weighted by Gasteiger charge is 2.18. The summed E-state index contributed by atoms with van der Waals surface area (Å²) in [6, 6.07) is 17.2. The van der Waals surface area contributed by atoms with Crippen LogP contribution in [0, 0.1) is 0 Å². The minimum atomic E-state index is -0.421. The van der Waals surface area contributed by atoms with Crippen molar-refractivity contribution in [3.05, 3.63) is 65.7 Å². The summed E-state index contributed by atoms with van der Waals surface area (Å²) < 4.78 is 0. The number of para-hydroxylation sites is 1. The summed E-state index contributed by atoms with van der Waals surface area (Å²) in [5.74, 6) is -0.421.